The molecule has 0 radical (unpaired) electrons. The predicted octanol–water partition coefficient (Wildman–Crippen LogP) is 4.15. The van der Waals surface area contributed by atoms with Crippen molar-refractivity contribution in [2.75, 3.05) is 0 Å². The lowest BCUT2D eigenvalue weighted by molar-refractivity contribution is 0.490. The van der Waals surface area contributed by atoms with Crippen molar-refractivity contribution in [3.8, 4) is 0 Å². The second kappa shape index (κ2) is 8.01. The summed E-state index contributed by atoms with van der Waals surface area (Å²) in [5, 5.41) is 2.09. The van der Waals surface area contributed by atoms with Gasteiger partial charge in [0.25, 0.3) is 0 Å². The zero-order valence-corrected chi connectivity index (χ0v) is 11.8. The average molecular weight is 303 g/mol. The zero-order chi connectivity index (χ0) is 11.8. The van der Waals surface area contributed by atoms with Gasteiger partial charge in [0.2, 0.25) is 0 Å². The van der Waals surface area contributed by atoms with E-state index in [0.29, 0.717) is 6.04 Å². The highest BCUT2D eigenvalue weighted by molar-refractivity contribution is 9.10. The highest BCUT2D eigenvalue weighted by atomic mass is 79.9. The molecule has 1 rings (SSSR count). The smallest absolute Gasteiger partial charge is 0.0553 e. The molecule has 0 bridgehead atoms. The van der Waals surface area contributed by atoms with E-state index in [2.05, 4.69) is 39.4 Å². The Labute approximate surface area is 110 Å². The largest absolute Gasteiger partial charge is 0.271 e. The molecule has 2 nitrogen and oxygen atoms in total. The number of halogens is 1. The summed E-state index contributed by atoms with van der Waals surface area (Å²) in [5.41, 5.74) is 2.89. The molecule has 0 aromatic carbocycles. The van der Waals surface area contributed by atoms with E-state index >= 15 is 0 Å². The molecule has 0 saturated heterocycles. The van der Waals surface area contributed by atoms with Gasteiger partial charge in [-0.15, -0.1) is 17.9 Å². The van der Waals surface area contributed by atoms with Gasteiger partial charge < -0.3 is 0 Å². The van der Waals surface area contributed by atoms with E-state index in [1.165, 1.54) is 24.1 Å². The van der Waals surface area contributed by atoms with E-state index in [1.807, 2.05) is 6.08 Å². The van der Waals surface area contributed by atoms with Crippen molar-refractivity contribution in [1.82, 2.24) is 5.43 Å². The summed E-state index contributed by atoms with van der Waals surface area (Å²) in [6.45, 7) is 3.72. The first-order valence-corrected chi connectivity index (χ1v) is 7.26. The minimum absolute atomic E-state index is 0.292. The maximum atomic E-state index is 5.58. The zero-order valence-electron chi connectivity index (χ0n) is 9.42. The summed E-state index contributed by atoms with van der Waals surface area (Å²) >= 11 is 5.21. The molecule has 1 heterocycles. The number of unbranched alkanes of at least 4 members (excludes halogenated alkanes) is 3. The molecule has 1 unspecified atom stereocenters. The molecular weight excluding hydrogens is 284 g/mol. The molecule has 16 heavy (non-hydrogen) atoms. The van der Waals surface area contributed by atoms with Crippen LogP contribution in [0.25, 0.3) is 0 Å². The van der Waals surface area contributed by atoms with Gasteiger partial charge in [0, 0.05) is 14.7 Å². The second-order valence-corrected chi connectivity index (χ2v) is 5.67. The number of allylic oxidation sites excluding steroid dienone is 1. The van der Waals surface area contributed by atoms with Crippen LogP contribution in [0.2, 0.25) is 0 Å². The number of rotatable bonds is 8. The van der Waals surface area contributed by atoms with E-state index in [9.17, 15) is 0 Å². The van der Waals surface area contributed by atoms with Gasteiger partial charge in [-0.25, -0.2) is 0 Å². The SMILES string of the molecule is C=CCCCCCC(NN)c1cc(Br)cs1. The Bertz CT molecular complexity index is 312. The third kappa shape index (κ3) is 4.78. The Kier molecular flexibility index (Phi) is 6.96. The Balaban J connectivity index is 2.29. The molecule has 0 saturated carbocycles. The molecule has 90 valence electrons. The van der Waals surface area contributed by atoms with Gasteiger partial charge in [-0.05, 0) is 41.3 Å². The summed E-state index contributed by atoms with van der Waals surface area (Å²) in [6, 6.07) is 2.43. The van der Waals surface area contributed by atoms with Crippen molar-refractivity contribution in [3.63, 3.8) is 0 Å². The average Bonchev–Trinajstić information content (AvgIpc) is 2.70. The Hall–Kier alpha value is -0.160. The molecule has 0 aliphatic rings. The summed E-state index contributed by atoms with van der Waals surface area (Å²) < 4.78 is 1.14. The maximum absolute atomic E-state index is 5.58. The lowest BCUT2D eigenvalue weighted by Crippen LogP contribution is -2.27. The third-order valence-electron chi connectivity index (χ3n) is 2.53. The lowest BCUT2D eigenvalue weighted by Gasteiger charge is -2.13. The topological polar surface area (TPSA) is 38.0 Å². The van der Waals surface area contributed by atoms with Crippen LogP contribution in [0.1, 0.15) is 43.0 Å². The second-order valence-electron chi connectivity index (χ2n) is 3.81. The molecule has 1 atom stereocenters. The van der Waals surface area contributed by atoms with Gasteiger partial charge in [-0.1, -0.05) is 18.9 Å². The van der Waals surface area contributed by atoms with Crippen molar-refractivity contribution >= 4 is 27.3 Å². The summed E-state index contributed by atoms with van der Waals surface area (Å²) in [4.78, 5) is 1.30. The fourth-order valence-electron chi connectivity index (χ4n) is 1.63. The summed E-state index contributed by atoms with van der Waals surface area (Å²) in [7, 11) is 0. The van der Waals surface area contributed by atoms with Crippen LogP contribution in [0, 0.1) is 0 Å². The Morgan fingerprint density at radius 3 is 2.88 bits per heavy atom. The maximum Gasteiger partial charge on any atom is 0.0553 e. The number of nitrogens with one attached hydrogen (secondary N) is 1. The molecule has 4 heteroatoms. The van der Waals surface area contributed by atoms with Crippen molar-refractivity contribution in [2.45, 2.75) is 38.1 Å². The van der Waals surface area contributed by atoms with Crippen LogP contribution < -0.4 is 11.3 Å². The van der Waals surface area contributed by atoms with Gasteiger partial charge in [0.05, 0.1) is 6.04 Å². The standard InChI is InChI=1S/C12H19BrN2S/c1-2-3-4-5-6-7-11(15-14)12-8-10(13)9-16-12/h2,8-9,11,15H,1,3-7,14H2. The van der Waals surface area contributed by atoms with Crippen LogP contribution in [0.4, 0.5) is 0 Å². The highest BCUT2D eigenvalue weighted by Crippen LogP contribution is 2.28. The molecule has 0 aliphatic carbocycles. The van der Waals surface area contributed by atoms with Crippen LogP contribution in [-0.4, -0.2) is 0 Å². The fourth-order valence-corrected chi connectivity index (χ4v) is 3.17. The summed E-state index contributed by atoms with van der Waals surface area (Å²) in [6.07, 6.45) is 7.88. The van der Waals surface area contributed by atoms with Crippen molar-refractivity contribution in [3.05, 3.63) is 33.5 Å². The van der Waals surface area contributed by atoms with Crippen molar-refractivity contribution in [2.24, 2.45) is 5.84 Å². The Morgan fingerprint density at radius 2 is 2.31 bits per heavy atom. The van der Waals surface area contributed by atoms with Crippen LogP contribution in [0.5, 0.6) is 0 Å². The van der Waals surface area contributed by atoms with Gasteiger partial charge >= 0.3 is 0 Å². The first-order chi connectivity index (χ1) is 7.77. The highest BCUT2D eigenvalue weighted by Gasteiger charge is 2.11. The van der Waals surface area contributed by atoms with Gasteiger partial charge in [0.1, 0.15) is 0 Å². The summed E-state index contributed by atoms with van der Waals surface area (Å²) in [5.74, 6) is 5.58. The molecule has 0 aliphatic heterocycles. The number of hydrazine groups is 1. The predicted molar refractivity (Wildman–Crippen MR) is 75.4 cm³/mol. The Morgan fingerprint density at radius 1 is 1.50 bits per heavy atom. The van der Waals surface area contributed by atoms with Gasteiger partial charge in [-0.3, -0.25) is 11.3 Å². The van der Waals surface area contributed by atoms with Crippen molar-refractivity contribution in [1.29, 1.82) is 0 Å². The number of thiophene rings is 1. The van der Waals surface area contributed by atoms with E-state index < -0.39 is 0 Å². The third-order valence-corrected chi connectivity index (χ3v) is 4.34. The fraction of sp³-hybridized carbons (Fsp3) is 0.500. The molecular formula is C12H19BrN2S. The van der Waals surface area contributed by atoms with Crippen LogP contribution in [0.15, 0.2) is 28.6 Å². The van der Waals surface area contributed by atoms with Gasteiger partial charge in [0.15, 0.2) is 0 Å². The first-order valence-electron chi connectivity index (χ1n) is 5.59. The molecule has 3 N–H and O–H groups in total. The van der Waals surface area contributed by atoms with Crippen LogP contribution >= 0.6 is 27.3 Å². The minimum atomic E-state index is 0.292. The monoisotopic (exact) mass is 302 g/mol. The van der Waals surface area contributed by atoms with Crippen LogP contribution in [0.3, 0.4) is 0 Å². The number of hydrogen-bond acceptors (Lipinski definition) is 3. The van der Waals surface area contributed by atoms with E-state index in [0.717, 1.165) is 17.3 Å². The molecule has 0 spiro atoms. The molecule has 1 aromatic rings. The number of nitrogens with two attached hydrogens (primary N) is 1. The van der Waals surface area contributed by atoms with E-state index in [1.54, 1.807) is 11.3 Å². The molecule has 1 aromatic heterocycles. The van der Waals surface area contributed by atoms with Crippen molar-refractivity contribution < 1.29 is 0 Å². The molecule has 0 fully saturated rings. The lowest BCUT2D eigenvalue weighted by atomic mass is 10.1. The van der Waals surface area contributed by atoms with Crippen LogP contribution in [-0.2, 0) is 0 Å². The minimum Gasteiger partial charge on any atom is -0.271 e. The first kappa shape index (κ1) is 13.9. The quantitative estimate of drug-likeness (QED) is 0.328. The number of hydrogen-bond donors (Lipinski definition) is 2. The van der Waals surface area contributed by atoms with E-state index in [4.69, 9.17) is 5.84 Å². The normalized spacial score (nSPS) is 12.6. The van der Waals surface area contributed by atoms with E-state index in [-0.39, 0.29) is 0 Å². The van der Waals surface area contributed by atoms with Gasteiger partial charge in [-0.2, -0.15) is 0 Å². The molecule has 0 amide bonds.